The lowest BCUT2D eigenvalue weighted by atomic mass is 10.1. The minimum absolute atomic E-state index is 0.399. The molecule has 0 amide bonds. The number of ether oxygens (including phenoxy) is 1. The van der Waals surface area contributed by atoms with E-state index in [-0.39, 0.29) is 0 Å². The zero-order valence-electron chi connectivity index (χ0n) is 9.16. The smallest absolute Gasteiger partial charge is 0.375 e. The highest BCUT2D eigenvalue weighted by Crippen LogP contribution is 2.29. The molecule has 0 unspecified atom stereocenters. The van der Waals surface area contributed by atoms with E-state index in [0.717, 1.165) is 28.3 Å². The molecule has 0 fully saturated rings. The van der Waals surface area contributed by atoms with Crippen LogP contribution in [0.2, 0.25) is 0 Å². The van der Waals surface area contributed by atoms with Gasteiger partial charge in [-0.15, -0.1) is 0 Å². The summed E-state index contributed by atoms with van der Waals surface area (Å²) in [6.45, 7) is 0.933. The molecule has 0 saturated heterocycles. The van der Waals surface area contributed by atoms with Crippen molar-refractivity contribution in [3.8, 4) is 5.82 Å². The van der Waals surface area contributed by atoms with Gasteiger partial charge in [-0.3, -0.25) is 5.10 Å². The van der Waals surface area contributed by atoms with Crippen LogP contribution >= 0.6 is 0 Å². The van der Waals surface area contributed by atoms with Gasteiger partial charge in [-0.1, -0.05) is 0 Å². The Labute approximate surface area is 99.6 Å². The SMILES string of the molecule is FC(F)(F)c1cnn(-c2n[nH]c3c2CCOC3)c1. The zero-order valence-corrected chi connectivity index (χ0v) is 9.16. The second-order valence-corrected chi connectivity index (χ2v) is 3.98. The van der Waals surface area contributed by atoms with Crippen molar-refractivity contribution in [2.24, 2.45) is 0 Å². The largest absolute Gasteiger partial charge is 0.419 e. The maximum absolute atomic E-state index is 12.5. The summed E-state index contributed by atoms with van der Waals surface area (Å²) in [6, 6.07) is 0. The molecule has 0 spiro atoms. The summed E-state index contributed by atoms with van der Waals surface area (Å²) < 4.78 is 43.8. The van der Waals surface area contributed by atoms with Crippen LogP contribution in [0.5, 0.6) is 0 Å². The molecule has 0 radical (unpaired) electrons. The van der Waals surface area contributed by atoms with Gasteiger partial charge in [-0.2, -0.15) is 23.4 Å². The van der Waals surface area contributed by atoms with Crippen molar-refractivity contribution in [3.05, 3.63) is 29.2 Å². The van der Waals surface area contributed by atoms with Gasteiger partial charge in [0.2, 0.25) is 0 Å². The van der Waals surface area contributed by atoms with Crippen LogP contribution in [0.25, 0.3) is 5.82 Å². The van der Waals surface area contributed by atoms with Crippen molar-refractivity contribution in [2.45, 2.75) is 19.2 Å². The topological polar surface area (TPSA) is 55.7 Å². The van der Waals surface area contributed by atoms with Gasteiger partial charge >= 0.3 is 6.18 Å². The van der Waals surface area contributed by atoms with Gasteiger partial charge in [0.25, 0.3) is 0 Å². The molecule has 3 rings (SSSR count). The fraction of sp³-hybridized carbons (Fsp3) is 0.400. The number of H-pyrrole nitrogens is 1. The summed E-state index contributed by atoms with van der Waals surface area (Å²) in [5.41, 5.74) is 0.865. The number of alkyl halides is 3. The molecule has 2 aromatic rings. The van der Waals surface area contributed by atoms with E-state index in [0.29, 0.717) is 25.5 Å². The summed E-state index contributed by atoms with van der Waals surface area (Å²) in [4.78, 5) is 0. The highest BCUT2D eigenvalue weighted by atomic mass is 19.4. The number of nitrogens with zero attached hydrogens (tertiary/aromatic N) is 3. The summed E-state index contributed by atoms with van der Waals surface area (Å²) >= 11 is 0. The number of aromatic nitrogens is 4. The highest BCUT2D eigenvalue weighted by Gasteiger charge is 2.33. The quantitative estimate of drug-likeness (QED) is 0.846. The predicted molar refractivity (Wildman–Crippen MR) is 54.1 cm³/mol. The molecule has 0 aromatic carbocycles. The number of aromatic amines is 1. The van der Waals surface area contributed by atoms with Crippen molar-refractivity contribution < 1.29 is 17.9 Å². The number of fused-ring (bicyclic) bond motifs is 1. The van der Waals surface area contributed by atoms with E-state index < -0.39 is 11.7 Å². The molecule has 3 heterocycles. The molecular weight excluding hydrogens is 249 g/mol. The fourth-order valence-electron chi connectivity index (χ4n) is 1.90. The van der Waals surface area contributed by atoms with Gasteiger partial charge in [0.05, 0.1) is 30.7 Å². The van der Waals surface area contributed by atoms with E-state index >= 15 is 0 Å². The molecule has 0 saturated carbocycles. The van der Waals surface area contributed by atoms with E-state index in [1.807, 2.05) is 0 Å². The number of nitrogens with one attached hydrogen (secondary N) is 1. The minimum atomic E-state index is -4.39. The molecule has 1 aliphatic heterocycles. The average Bonchev–Trinajstić information content (AvgIpc) is 2.94. The first-order valence-corrected chi connectivity index (χ1v) is 5.32. The van der Waals surface area contributed by atoms with E-state index in [2.05, 4.69) is 15.3 Å². The normalized spacial score (nSPS) is 15.7. The zero-order chi connectivity index (χ0) is 12.8. The first-order valence-electron chi connectivity index (χ1n) is 5.32. The predicted octanol–water partition coefficient (Wildman–Crippen LogP) is 1.69. The first-order chi connectivity index (χ1) is 8.55. The van der Waals surface area contributed by atoms with Crippen LogP contribution in [0.1, 0.15) is 16.8 Å². The molecule has 0 bridgehead atoms. The Hall–Kier alpha value is -1.83. The molecule has 0 aliphatic carbocycles. The Kier molecular flexibility index (Phi) is 2.40. The number of hydrogen-bond acceptors (Lipinski definition) is 3. The van der Waals surface area contributed by atoms with Crippen LogP contribution < -0.4 is 0 Å². The van der Waals surface area contributed by atoms with Crippen molar-refractivity contribution in [3.63, 3.8) is 0 Å². The maximum atomic E-state index is 12.5. The lowest BCUT2D eigenvalue weighted by molar-refractivity contribution is -0.137. The maximum Gasteiger partial charge on any atom is 0.419 e. The van der Waals surface area contributed by atoms with Gasteiger partial charge in [-0.05, 0) is 0 Å². The van der Waals surface area contributed by atoms with Gasteiger partial charge in [0, 0.05) is 18.2 Å². The van der Waals surface area contributed by atoms with E-state index in [4.69, 9.17) is 4.74 Å². The van der Waals surface area contributed by atoms with Crippen LogP contribution in [-0.4, -0.2) is 26.6 Å². The van der Waals surface area contributed by atoms with Gasteiger partial charge in [0.15, 0.2) is 5.82 Å². The Balaban J connectivity index is 2.00. The van der Waals surface area contributed by atoms with Crippen LogP contribution in [0.3, 0.4) is 0 Å². The summed E-state index contributed by atoms with van der Waals surface area (Å²) in [5, 5.41) is 10.5. The van der Waals surface area contributed by atoms with Gasteiger partial charge in [0.1, 0.15) is 0 Å². The minimum Gasteiger partial charge on any atom is -0.375 e. The second kappa shape index (κ2) is 3.84. The summed E-state index contributed by atoms with van der Waals surface area (Å²) in [5.74, 6) is 0.406. The third-order valence-electron chi connectivity index (χ3n) is 2.80. The Morgan fingerprint density at radius 1 is 1.39 bits per heavy atom. The number of hydrogen-bond donors (Lipinski definition) is 1. The van der Waals surface area contributed by atoms with E-state index in [1.54, 1.807) is 0 Å². The molecule has 5 nitrogen and oxygen atoms in total. The van der Waals surface area contributed by atoms with Crippen LogP contribution in [0, 0.1) is 0 Å². The van der Waals surface area contributed by atoms with Crippen LogP contribution in [0.15, 0.2) is 12.4 Å². The third-order valence-corrected chi connectivity index (χ3v) is 2.80. The number of halogens is 3. The second-order valence-electron chi connectivity index (χ2n) is 3.98. The average molecular weight is 258 g/mol. The molecule has 1 N–H and O–H groups in total. The molecule has 8 heteroatoms. The van der Waals surface area contributed by atoms with Gasteiger partial charge in [-0.25, -0.2) is 4.68 Å². The van der Waals surface area contributed by atoms with Gasteiger partial charge < -0.3 is 4.74 Å². The number of rotatable bonds is 1. The van der Waals surface area contributed by atoms with E-state index in [1.165, 1.54) is 0 Å². The van der Waals surface area contributed by atoms with Crippen molar-refractivity contribution >= 4 is 0 Å². The Morgan fingerprint density at radius 3 is 2.94 bits per heavy atom. The fourth-order valence-corrected chi connectivity index (χ4v) is 1.90. The molecule has 0 atom stereocenters. The first kappa shape index (κ1) is 11.3. The Morgan fingerprint density at radius 2 is 2.22 bits per heavy atom. The molecular formula is C10H9F3N4O. The monoisotopic (exact) mass is 258 g/mol. The lowest BCUT2D eigenvalue weighted by Crippen LogP contribution is -2.10. The highest BCUT2D eigenvalue weighted by molar-refractivity contribution is 5.38. The summed E-state index contributed by atoms with van der Waals surface area (Å²) in [7, 11) is 0. The summed E-state index contributed by atoms with van der Waals surface area (Å²) in [6.07, 6.45) is -2.05. The standard InChI is InChI=1S/C10H9F3N4O/c11-10(12,13)6-3-14-17(4-6)9-7-1-2-18-5-8(7)15-16-9/h3-4H,1-2,5H2,(H,15,16). The molecule has 96 valence electrons. The van der Waals surface area contributed by atoms with Crippen molar-refractivity contribution in [1.82, 2.24) is 20.0 Å². The van der Waals surface area contributed by atoms with Crippen molar-refractivity contribution in [1.29, 1.82) is 0 Å². The third kappa shape index (κ3) is 1.78. The van der Waals surface area contributed by atoms with Crippen LogP contribution in [-0.2, 0) is 23.9 Å². The Bertz CT molecular complexity index is 572. The van der Waals surface area contributed by atoms with Crippen LogP contribution in [0.4, 0.5) is 13.2 Å². The lowest BCUT2D eigenvalue weighted by Gasteiger charge is -2.11. The molecule has 1 aliphatic rings. The molecule has 2 aromatic heterocycles. The van der Waals surface area contributed by atoms with Crippen molar-refractivity contribution in [2.75, 3.05) is 6.61 Å². The molecule has 18 heavy (non-hydrogen) atoms. The van der Waals surface area contributed by atoms with E-state index in [9.17, 15) is 13.2 Å².